The quantitative estimate of drug-likeness (QED) is 0.717. The van der Waals surface area contributed by atoms with Crippen LogP contribution in [0.4, 0.5) is 0 Å². The fraction of sp³-hybridized carbons (Fsp3) is 0.333. The van der Waals surface area contributed by atoms with Crippen LogP contribution in [0.25, 0.3) is 5.78 Å². The number of amides is 1. The summed E-state index contributed by atoms with van der Waals surface area (Å²) in [5.41, 5.74) is 1.51. The molecule has 2 aromatic heterocycles. The number of nitrogens with one attached hydrogen (secondary N) is 2. The minimum atomic E-state index is -0.246. The van der Waals surface area contributed by atoms with Crippen molar-refractivity contribution in [3.05, 3.63) is 57.8 Å². The van der Waals surface area contributed by atoms with Gasteiger partial charge in [-0.2, -0.15) is 9.50 Å². The summed E-state index contributed by atoms with van der Waals surface area (Å²) in [6.45, 7) is 2.85. The van der Waals surface area contributed by atoms with Crippen LogP contribution in [-0.4, -0.2) is 38.6 Å². The average Bonchev–Trinajstić information content (AvgIpc) is 3.02. The van der Waals surface area contributed by atoms with E-state index in [1.807, 2.05) is 24.3 Å². The molecule has 0 saturated carbocycles. The standard InChI is InChI=1S/C18H19N5O3/c1-11-6-17(25)23-18(20-11)21-15(22-23)8-16(24)19-9-12-7-13-4-2-3-5-14(13)26-10-12/h2-6,12H,7-10H2,1H3,(H,19,24)(H,20,21,22). The first-order valence-electron chi connectivity index (χ1n) is 8.51. The fourth-order valence-corrected chi connectivity index (χ4v) is 3.11. The van der Waals surface area contributed by atoms with E-state index < -0.39 is 0 Å². The Morgan fingerprint density at radius 2 is 2.23 bits per heavy atom. The summed E-state index contributed by atoms with van der Waals surface area (Å²) in [7, 11) is 0. The highest BCUT2D eigenvalue weighted by Crippen LogP contribution is 2.26. The monoisotopic (exact) mass is 353 g/mol. The van der Waals surface area contributed by atoms with E-state index in [4.69, 9.17) is 4.74 Å². The predicted molar refractivity (Wildman–Crippen MR) is 94.2 cm³/mol. The average molecular weight is 353 g/mol. The molecule has 3 aromatic rings. The molecular formula is C18H19N5O3. The Labute approximate surface area is 149 Å². The molecular weight excluding hydrogens is 334 g/mol. The van der Waals surface area contributed by atoms with Gasteiger partial charge < -0.3 is 10.1 Å². The van der Waals surface area contributed by atoms with Gasteiger partial charge in [0, 0.05) is 24.2 Å². The van der Waals surface area contributed by atoms with Gasteiger partial charge in [0.15, 0.2) is 0 Å². The van der Waals surface area contributed by atoms with E-state index in [0.717, 1.165) is 17.7 Å². The highest BCUT2D eigenvalue weighted by molar-refractivity contribution is 5.77. The molecule has 8 nitrogen and oxygen atoms in total. The minimum Gasteiger partial charge on any atom is -0.493 e. The van der Waals surface area contributed by atoms with Crippen molar-refractivity contribution >= 4 is 11.7 Å². The SMILES string of the molecule is Cc1cc(=O)n2[nH]c(CC(=O)NCC3COc4ccccc4C3)nc2n1. The van der Waals surface area contributed by atoms with Crippen LogP contribution >= 0.6 is 0 Å². The predicted octanol–water partition coefficient (Wildman–Crippen LogP) is 0.636. The summed E-state index contributed by atoms with van der Waals surface area (Å²) in [6.07, 6.45) is 0.936. The highest BCUT2D eigenvalue weighted by Gasteiger charge is 2.20. The first-order chi connectivity index (χ1) is 12.6. The molecule has 0 bridgehead atoms. The third kappa shape index (κ3) is 3.30. The van der Waals surface area contributed by atoms with Crippen molar-refractivity contribution in [2.24, 2.45) is 5.92 Å². The van der Waals surface area contributed by atoms with Gasteiger partial charge in [0.1, 0.15) is 11.6 Å². The van der Waals surface area contributed by atoms with Crippen LogP contribution in [0.2, 0.25) is 0 Å². The number of benzene rings is 1. The lowest BCUT2D eigenvalue weighted by atomic mass is 9.97. The van der Waals surface area contributed by atoms with Gasteiger partial charge in [0.05, 0.1) is 13.0 Å². The Morgan fingerprint density at radius 3 is 3.12 bits per heavy atom. The van der Waals surface area contributed by atoms with Crippen LogP contribution in [-0.2, 0) is 17.6 Å². The van der Waals surface area contributed by atoms with Gasteiger partial charge in [-0.3, -0.25) is 14.7 Å². The third-order valence-electron chi connectivity index (χ3n) is 4.38. The number of aryl methyl sites for hydroxylation is 1. The number of carbonyl (C=O) groups is 1. The second-order valence-electron chi connectivity index (χ2n) is 6.51. The lowest BCUT2D eigenvalue weighted by Crippen LogP contribution is -2.35. The van der Waals surface area contributed by atoms with Crippen molar-refractivity contribution in [2.75, 3.05) is 13.2 Å². The van der Waals surface area contributed by atoms with Gasteiger partial charge in [-0.1, -0.05) is 18.2 Å². The molecule has 4 rings (SSSR count). The van der Waals surface area contributed by atoms with E-state index >= 15 is 0 Å². The van der Waals surface area contributed by atoms with Gasteiger partial charge in [0.25, 0.3) is 11.3 Å². The number of para-hydroxylation sites is 1. The molecule has 0 fully saturated rings. The normalized spacial score (nSPS) is 16.1. The molecule has 0 spiro atoms. The number of aromatic nitrogens is 4. The van der Waals surface area contributed by atoms with Crippen molar-refractivity contribution in [3.8, 4) is 5.75 Å². The number of hydrogen-bond donors (Lipinski definition) is 2. The highest BCUT2D eigenvalue weighted by atomic mass is 16.5. The molecule has 1 aliphatic heterocycles. The Hall–Kier alpha value is -3.16. The Bertz CT molecular complexity index is 1020. The molecule has 1 atom stereocenters. The molecule has 0 saturated heterocycles. The zero-order chi connectivity index (χ0) is 18.1. The van der Waals surface area contributed by atoms with Gasteiger partial charge in [0.2, 0.25) is 5.91 Å². The molecule has 26 heavy (non-hydrogen) atoms. The number of carbonyl (C=O) groups excluding carboxylic acids is 1. The van der Waals surface area contributed by atoms with E-state index in [1.54, 1.807) is 6.92 Å². The number of nitrogens with zero attached hydrogens (tertiary/aromatic N) is 3. The zero-order valence-electron chi connectivity index (χ0n) is 14.4. The maximum atomic E-state index is 12.2. The molecule has 1 aliphatic rings. The molecule has 1 unspecified atom stereocenters. The Balaban J connectivity index is 1.36. The zero-order valence-corrected chi connectivity index (χ0v) is 14.4. The Kier molecular flexibility index (Phi) is 4.16. The second-order valence-corrected chi connectivity index (χ2v) is 6.51. The molecule has 8 heteroatoms. The number of aromatic amines is 1. The van der Waals surface area contributed by atoms with Crippen LogP contribution < -0.4 is 15.6 Å². The smallest absolute Gasteiger partial charge is 0.274 e. The minimum absolute atomic E-state index is 0.0615. The first kappa shape index (κ1) is 16.3. The summed E-state index contributed by atoms with van der Waals surface area (Å²) in [6, 6.07) is 9.36. The van der Waals surface area contributed by atoms with Crippen LogP contribution in [0.15, 0.2) is 35.1 Å². The van der Waals surface area contributed by atoms with Gasteiger partial charge in [-0.05, 0) is 25.0 Å². The van der Waals surface area contributed by atoms with Crippen LogP contribution in [0, 0.1) is 12.8 Å². The van der Waals surface area contributed by atoms with Crippen molar-refractivity contribution < 1.29 is 9.53 Å². The first-order valence-corrected chi connectivity index (χ1v) is 8.51. The number of fused-ring (bicyclic) bond motifs is 2. The van der Waals surface area contributed by atoms with Crippen LogP contribution in [0.3, 0.4) is 0 Å². The summed E-state index contributed by atoms with van der Waals surface area (Å²) in [5.74, 6) is 1.67. The van der Waals surface area contributed by atoms with E-state index in [2.05, 4.69) is 20.4 Å². The summed E-state index contributed by atoms with van der Waals surface area (Å²) >= 11 is 0. The van der Waals surface area contributed by atoms with E-state index in [-0.39, 0.29) is 29.6 Å². The van der Waals surface area contributed by atoms with Crippen LogP contribution in [0.1, 0.15) is 17.1 Å². The van der Waals surface area contributed by atoms with Crippen molar-refractivity contribution in [1.29, 1.82) is 0 Å². The lowest BCUT2D eigenvalue weighted by Gasteiger charge is -2.25. The van der Waals surface area contributed by atoms with Gasteiger partial charge in [-0.25, -0.2) is 4.98 Å². The van der Waals surface area contributed by atoms with E-state index in [1.165, 1.54) is 10.6 Å². The fourth-order valence-electron chi connectivity index (χ4n) is 3.11. The third-order valence-corrected chi connectivity index (χ3v) is 4.38. The maximum Gasteiger partial charge on any atom is 0.274 e. The summed E-state index contributed by atoms with van der Waals surface area (Å²) < 4.78 is 6.97. The summed E-state index contributed by atoms with van der Waals surface area (Å²) in [4.78, 5) is 32.5. The molecule has 2 N–H and O–H groups in total. The molecule has 0 aliphatic carbocycles. The lowest BCUT2D eigenvalue weighted by molar-refractivity contribution is -0.120. The molecule has 1 amide bonds. The molecule has 1 aromatic carbocycles. The topological polar surface area (TPSA) is 101 Å². The molecule has 3 heterocycles. The second kappa shape index (κ2) is 6.62. The van der Waals surface area contributed by atoms with E-state index in [9.17, 15) is 9.59 Å². The molecule has 134 valence electrons. The van der Waals surface area contributed by atoms with Crippen molar-refractivity contribution in [2.45, 2.75) is 19.8 Å². The van der Waals surface area contributed by atoms with E-state index in [0.29, 0.717) is 24.7 Å². The van der Waals surface area contributed by atoms with Crippen LogP contribution in [0.5, 0.6) is 5.75 Å². The van der Waals surface area contributed by atoms with Crippen molar-refractivity contribution in [1.82, 2.24) is 24.9 Å². The van der Waals surface area contributed by atoms with Gasteiger partial charge >= 0.3 is 0 Å². The van der Waals surface area contributed by atoms with Gasteiger partial charge in [-0.15, -0.1) is 0 Å². The van der Waals surface area contributed by atoms with Crippen molar-refractivity contribution in [3.63, 3.8) is 0 Å². The number of H-pyrrole nitrogens is 1. The number of rotatable bonds is 4. The Morgan fingerprint density at radius 1 is 1.38 bits per heavy atom. The number of ether oxygens (including phenoxy) is 1. The summed E-state index contributed by atoms with van der Waals surface area (Å²) in [5, 5.41) is 5.73. The molecule has 0 radical (unpaired) electrons. The number of hydrogen-bond acceptors (Lipinski definition) is 5. The largest absolute Gasteiger partial charge is 0.493 e. The maximum absolute atomic E-state index is 12.2.